The van der Waals surface area contributed by atoms with Gasteiger partial charge < -0.3 is 16.0 Å². The molecule has 0 saturated carbocycles. The number of nitrogens with one attached hydrogen (secondary N) is 3. The van der Waals surface area contributed by atoms with Crippen LogP contribution < -0.4 is 16.0 Å². The predicted octanol–water partition coefficient (Wildman–Crippen LogP) is 3.42. The molecule has 0 atom stereocenters. The fourth-order valence-electron chi connectivity index (χ4n) is 2.00. The van der Waals surface area contributed by atoms with Gasteiger partial charge in [-0.15, -0.1) is 0 Å². The maximum absolute atomic E-state index is 11.9. The summed E-state index contributed by atoms with van der Waals surface area (Å²) >= 11 is 6.05. The van der Waals surface area contributed by atoms with Gasteiger partial charge >= 0.3 is 0 Å². The number of halogens is 1. The molecule has 0 bridgehead atoms. The molecule has 0 aromatic heterocycles. The fraction of sp³-hybridized carbons (Fsp3) is 0.222. The third kappa shape index (κ3) is 5.59. The SMILES string of the molecule is CCC(=O)Nc1ccc(NCC(=O)NCc2ccccc2Cl)cc1. The molecule has 0 spiro atoms. The van der Waals surface area contributed by atoms with E-state index in [0.29, 0.717) is 18.0 Å². The summed E-state index contributed by atoms with van der Waals surface area (Å²) in [6.07, 6.45) is 0.436. The van der Waals surface area contributed by atoms with Crippen molar-refractivity contribution in [2.75, 3.05) is 17.2 Å². The van der Waals surface area contributed by atoms with Gasteiger partial charge in [-0.3, -0.25) is 9.59 Å². The number of rotatable bonds is 7. The number of carbonyl (C=O) groups is 2. The Hall–Kier alpha value is -2.53. The molecule has 126 valence electrons. The van der Waals surface area contributed by atoms with E-state index in [0.717, 1.165) is 16.9 Å². The summed E-state index contributed by atoms with van der Waals surface area (Å²) in [7, 11) is 0. The van der Waals surface area contributed by atoms with Crippen LogP contribution in [0.3, 0.4) is 0 Å². The lowest BCUT2D eigenvalue weighted by molar-refractivity contribution is -0.119. The first kappa shape index (κ1) is 17.8. The van der Waals surface area contributed by atoms with Gasteiger partial charge in [0.25, 0.3) is 0 Å². The highest BCUT2D eigenvalue weighted by atomic mass is 35.5. The maximum atomic E-state index is 11.9. The average molecular weight is 346 g/mol. The summed E-state index contributed by atoms with van der Waals surface area (Å²) in [4.78, 5) is 23.2. The van der Waals surface area contributed by atoms with E-state index in [9.17, 15) is 9.59 Å². The molecule has 0 unspecified atom stereocenters. The Morgan fingerprint density at radius 1 is 0.958 bits per heavy atom. The molecule has 0 aliphatic carbocycles. The van der Waals surface area contributed by atoms with Crippen LogP contribution >= 0.6 is 11.6 Å². The largest absolute Gasteiger partial charge is 0.376 e. The highest BCUT2D eigenvalue weighted by Gasteiger charge is 2.04. The van der Waals surface area contributed by atoms with E-state index in [1.54, 1.807) is 25.1 Å². The number of hydrogen-bond donors (Lipinski definition) is 3. The van der Waals surface area contributed by atoms with Crippen molar-refractivity contribution in [2.45, 2.75) is 19.9 Å². The van der Waals surface area contributed by atoms with Crippen LogP contribution in [0.1, 0.15) is 18.9 Å². The molecular formula is C18H20ClN3O2. The topological polar surface area (TPSA) is 70.2 Å². The highest BCUT2D eigenvalue weighted by molar-refractivity contribution is 6.31. The molecular weight excluding hydrogens is 326 g/mol. The van der Waals surface area contributed by atoms with E-state index in [1.165, 1.54) is 0 Å². The van der Waals surface area contributed by atoms with Gasteiger partial charge in [-0.1, -0.05) is 36.7 Å². The molecule has 0 saturated heterocycles. The van der Waals surface area contributed by atoms with Gasteiger partial charge in [-0.05, 0) is 35.9 Å². The van der Waals surface area contributed by atoms with E-state index in [4.69, 9.17) is 11.6 Å². The Morgan fingerprint density at radius 2 is 1.62 bits per heavy atom. The summed E-state index contributed by atoms with van der Waals surface area (Å²) < 4.78 is 0. The van der Waals surface area contributed by atoms with Gasteiger partial charge in [0, 0.05) is 29.4 Å². The van der Waals surface area contributed by atoms with Crippen molar-refractivity contribution in [2.24, 2.45) is 0 Å². The molecule has 2 aromatic carbocycles. The molecule has 0 aliphatic heterocycles. The van der Waals surface area contributed by atoms with Crippen LogP contribution in [0, 0.1) is 0 Å². The Bertz CT molecular complexity index is 702. The second kappa shape index (κ2) is 8.93. The van der Waals surface area contributed by atoms with Gasteiger partial charge in [0.1, 0.15) is 0 Å². The third-order valence-electron chi connectivity index (χ3n) is 3.38. The first-order valence-electron chi connectivity index (χ1n) is 7.72. The minimum atomic E-state index is -0.127. The van der Waals surface area contributed by atoms with E-state index in [1.807, 2.05) is 30.3 Å². The van der Waals surface area contributed by atoms with Crippen molar-refractivity contribution >= 4 is 34.8 Å². The molecule has 2 aromatic rings. The highest BCUT2D eigenvalue weighted by Crippen LogP contribution is 2.15. The second-order valence-electron chi connectivity index (χ2n) is 5.20. The first-order valence-corrected chi connectivity index (χ1v) is 8.10. The Labute approximate surface area is 146 Å². The van der Waals surface area contributed by atoms with Crippen molar-refractivity contribution in [3.05, 3.63) is 59.1 Å². The fourth-order valence-corrected chi connectivity index (χ4v) is 2.20. The Balaban J connectivity index is 1.77. The van der Waals surface area contributed by atoms with Crippen LogP contribution in [0.4, 0.5) is 11.4 Å². The molecule has 0 heterocycles. The minimum absolute atomic E-state index is 0.0327. The zero-order chi connectivity index (χ0) is 17.4. The zero-order valence-electron chi connectivity index (χ0n) is 13.4. The number of amides is 2. The van der Waals surface area contributed by atoms with Gasteiger partial charge in [-0.25, -0.2) is 0 Å². The van der Waals surface area contributed by atoms with Crippen molar-refractivity contribution in [1.29, 1.82) is 0 Å². The van der Waals surface area contributed by atoms with E-state index in [-0.39, 0.29) is 18.4 Å². The number of carbonyl (C=O) groups excluding carboxylic acids is 2. The van der Waals surface area contributed by atoms with E-state index < -0.39 is 0 Å². The van der Waals surface area contributed by atoms with Crippen LogP contribution in [0.25, 0.3) is 0 Å². The normalized spacial score (nSPS) is 10.1. The van der Waals surface area contributed by atoms with Crippen LogP contribution in [0.2, 0.25) is 5.02 Å². The van der Waals surface area contributed by atoms with E-state index in [2.05, 4.69) is 16.0 Å². The smallest absolute Gasteiger partial charge is 0.239 e. The summed E-state index contributed by atoms with van der Waals surface area (Å²) in [5.74, 6) is -0.159. The molecule has 0 radical (unpaired) electrons. The molecule has 0 aliphatic rings. The molecule has 3 N–H and O–H groups in total. The van der Waals surface area contributed by atoms with Gasteiger partial charge in [0.2, 0.25) is 11.8 Å². The lowest BCUT2D eigenvalue weighted by Gasteiger charge is -2.10. The molecule has 6 heteroatoms. The van der Waals surface area contributed by atoms with Crippen molar-refractivity contribution in [3.63, 3.8) is 0 Å². The summed E-state index contributed by atoms with van der Waals surface area (Å²) in [6, 6.07) is 14.6. The average Bonchev–Trinajstić information content (AvgIpc) is 2.60. The first-order chi connectivity index (χ1) is 11.6. The Kier molecular flexibility index (Phi) is 6.63. The monoisotopic (exact) mass is 345 g/mol. The lowest BCUT2D eigenvalue weighted by Crippen LogP contribution is -2.29. The van der Waals surface area contributed by atoms with E-state index >= 15 is 0 Å². The zero-order valence-corrected chi connectivity index (χ0v) is 14.2. The molecule has 0 fully saturated rings. The number of hydrogen-bond acceptors (Lipinski definition) is 3. The van der Waals surface area contributed by atoms with Crippen LogP contribution in [-0.4, -0.2) is 18.4 Å². The lowest BCUT2D eigenvalue weighted by atomic mass is 10.2. The summed E-state index contributed by atoms with van der Waals surface area (Å²) in [5.41, 5.74) is 2.41. The predicted molar refractivity (Wildman–Crippen MR) is 97.2 cm³/mol. The molecule has 2 amide bonds. The van der Waals surface area contributed by atoms with Gasteiger partial charge in [-0.2, -0.15) is 0 Å². The molecule has 24 heavy (non-hydrogen) atoms. The Morgan fingerprint density at radius 3 is 2.29 bits per heavy atom. The van der Waals surface area contributed by atoms with Gasteiger partial charge in [0.05, 0.1) is 6.54 Å². The number of anilines is 2. The maximum Gasteiger partial charge on any atom is 0.239 e. The van der Waals surface area contributed by atoms with Crippen molar-refractivity contribution in [1.82, 2.24) is 5.32 Å². The van der Waals surface area contributed by atoms with Crippen LogP contribution in [0.15, 0.2) is 48.5 Å². The van der Waals surface area contributed by atoms with Crippen molar-refractivity contribution in [3.8, 4) is 0 Å². The van der Waals surface area contributed by atoms with Crippen LogP contribution in [-0.2, 0) is 16.1 Å². The summed E-state index contributed by atoms with van der Waals surface area (Å²) in [6.45, 7) is 2.35. The quantitative estimate of drug-likeness (QED) is 0.720. The summed E-state index contributed by atoms with van der Waals surface area (Å²) in [5, 5.41) is 9.25. The minimum Gasteiger partial charge on any atom is -0.376 e. The number of benzene rings is 2. The molecule has 2 rings (SSSR count). The second-order valence-corrected chi connectivity index (χ2v) is 5.61. The van der Waals surface area contributed by atoms with Gasteiger partial charge in [0.15, 0.2) is 0 Å². The van der Waals surface area contributed by atoms with Crippen LogP contribution in [0.5, 0.6) is 0 Å². The third-order valence-corrected chi connectivity index (χ3v) is 3.75. The standard InChI is InChI=1S/C18H20ClN3O2/c1-2-17(23)22-15-9-7-14(8-10-15)20-12-18(24)21-11-13-5-3-4-6-16(13)19/h3-10,20H,2,11-12H2,1H3,(H,21,24)(H,22,23). The molecule has 5 nitrogen and oxygen atoms in total. The van der Waals surface area contributed by atoms with Crippen molar-refractivity contribution < 1.29 is 9.59 Å².